The van der Waals surface area contributed by atoms with Crippen LogP contribution >= 0.6 is 11.3 Å². The lowest BCUT2D eigenvalue weighted by molar-refractivity contribution is -0.139. The summed E-state index contributed by atoms with van der Waals surface area (Å²) in [6.45, 7) is 5.65. The highest BCUT2D eigenvalue weighted by Gasteiger charge is 2.25. The minimum atomic E-state index is -0.747. The van der Waals surface area contributed by atoms with Gasteiger partial charge in [-0.1, -0.05) is 18.1 Å². The lowest BCUT2D eigenvalue weighted by Gasteiger charge is -2.37. The molecule has 2 aromatic rings. The van der Waals surface area contributed by atoms with Crippen molar-refractivity contribution in [2.75, 3.05) is 26.2 Å². The Kier molecular flexibility index (Phi) is 5.65. The normalized spacial score (nSPS) is 16.8. The number of piperidine rings is 1. The number of thiophene rings is 1. The monoisotopic (exact) mass is 349 g/mol. The lowest BCUT2D eigenvalue weighted by atomic mass is 10.0. The molecule has 0 atom stereocenters. The van der Waals surface area contributed by atoms with E-state index >= 15 is 0 Å². The van der Waals surface area contributed by atoms with Crippen molar-refractivity contribution >= 4 is 17.3 Å². The van der Waals surface area contributed by atoms with E-state index in [1.807, 2.05) is 30.5 Å². The molecule has 1 saturated heterocycles. The van der Waals surface area contributed by atoms with Crippen LogP contribution in [0, 0.1) is 0 Å². The zero-order valence-corrected chi connectivity index (χ0v) is 14.7. The topological polar surface area (TPSA) is 69.8 Å². The molecule has 0 spiro atoms. The van der Waals surface area contributed by atoms with Crippen LogP contribution in [-0.2, 0) is 11.3 Å². The smallest absolute Gasteiger partial charge is 0.317 e. The summed E-state index contributed by atoms with van der Waals surface area (Å²) in [5, 5.41) is 15.2. The zero-order chi connectivity index (χ0) is 16.9. The van der Waals surface area contributed by atoms with Gasteiger partial charge in [-0.25, -0.2) is 0 Å². The van der Waals surface area contributed by atoms with Crippen molar-refractivity contribution in [3.05, 3.63) is 29.3 Å². The Bertz CT molecular complexity index is 648. The van der Waals surface area contributed by atoms with Crippen molar-refractivity contribution in [1.29, 1.82) is 0 Å². The molecule has 2 aromatic heterocycles. The summed E-state index contributed by atoms with van der Waals surface area (Å²) in [5.74, 6) is 0.0801. The standard InChI is InChI=1S/C17H23N3O3S/c1-2-20(12-17(21)22)14-5-7-19(8-6-14)11-13-10-15(23-18-13)16-4-3-9-24-16/h3-4,9-10,14H,2,5-8,11-12H2,1H3,(H,21,22). The van der Waals surface area contributed by atoms with Crippen molar-refractivity contribution in [3.63, 3.8) is 0 Å². The minimum Gasteiger partial charge on any atom is -0.480 e. The molecule has 0 radical (unpaired) electrons. The lowest BCUT2D eigenvalue weighted by Crippen LogP contribution is -2.46. The molecular formula is C17H23N3O3S. The Hall–Kier alpha value is -1.70. The SMILES string of the molecule is CCN(CC(=O)O)C1CCN(Cc2cc(-c3cccs3)on2)CC1. The van der Waals surface area contributed by atoms with Crippen molar-refractivity contribution in [1.82, 2.24) is 15.0 Å². The van der Waals surface area contributed by atoms with E-state index < -0.39 is 5.97 Å². The van der Waals surface area contributed by atoms with E-state index in [0.717, 1.165) is 55.4 Å². The van der Waals surface area contributed by atoms with Gasteiger partial charge in [-0.05, 0) is 30.8 Å². The summed E-state index contributed by atoms with van der Waals surface area (Å²) >= 11 is 1.65. The molecule has 1 fully saturated rings. The molecule has 7 heteroatoms. The van der Waals surface area contributed by atoms with Crippen LogP contribution in [0.2, 0.25) is 0 Å². The number of likely N-dealkylation sites (N-methyl/N-ethyl adjacent to an activating group) is 1. The molecule has 0 saturated carbocycles. The van der Waals surface area contributed by atoms with Gasteiger partial charge >= 0.3 is 5.97 Å². The van der Waals surface area contributed by atoms with Gasteiger partial charge < -0.3 is 9.63 Å². The Morgan fingerprint density at radius 1 is 1.50 bits per heavy atom. The number of hydrogen-bond acceptors (Lipinski definition) is 6. The average Bonchev–Trinajstić information content (AvgIpc) is 3.24. The van der Waals surface area contributed by atoms with Gasteiger partial charge in [0.05, 0.1) is 17.1 Å². The van der Waals surface area contributed by atoms with E-state index in [1.54, 1.807) is 11.3 Å². The molecule has 0 bridgehead atoms. The highest BCUT2D eigenvalue weighted by atomic mass is 32.1. The third-order valence-electron chi connectivity index (χ3n) is 4.53. The molecule has 130 valence electrons. The first kappa shape index (κ1) is 17.1. The third-order valence-corrected chi connectivity index (χ3v) is 5.41. The third kappa shape index (κ3) is 4.23. The van der Waals surface area contributed by atoms with Crippen molar-refractivity contribution in [2.24, 2.45) is 0 Å². The molecule has 0 aromatic carbocycles. The van der Waals surface area contributed by atoms with Gasteiger partial charge in [0.2, 0.25) is 0 Å². The van der Waals surface area contributed by atoms with Gasteiger partial charge in [-0.3, -0.25) is 14.6 Å². The number of aromatic nitrogens is 1. The van der Waals surface area contributed by atoms with Crippen LogP contribution in [0.15, 0.2) is 28.1 Å². The van der Waals surface area contributed by atoms with Gasteiger partial charge in [0.1, 0.15) is 0 Å². The molecule has 1 N–H and O–H groups in total. The number of carbonyl (C=O) groups is 1. The number of likely N-dealkylation sites (tertiary alicyclic amines) is 1. The van der Waals surface area contributed by atoms with Gasteiger partial charge in [-0.2, -0.15) is 0 Å². The van der Waals surface area contributed by atoms with Crippen LogP contribution in [0.5, 0.6) is 0 Å². The highest BCUT2D eigenvalue weighted by molar-refractivity contribution is 7.13. The van der Waals surface area contributed by atoms with E-state index in [-0.39, 0.29) is 6.54 Å². The van der Waals surface area contributed by atoms with Crippen LogP contribution in [-0.4, -0.2) is 58.3 Å². The maximum absolute atomic E-state index is 10.9. The zero-order valence-electron chi connectivity index (χ0n) is 13.9. The first-order valence-corrected chi connectivity index (χ1v) is 9.21. The largest absolute Gasteiger partial charge is 0.480 e. The van der Waals surface area contributed by atoms with E-state index in [9.17, 15) is 4.79 Å². The molecule has 0 unspecified atom stereocenters. The van der Waals surface area contributed by atoms with Gasteiger partial charge in [0, 0.05) is 31.7 Å². The van der Waals surface area contributed by atoms with Gasteiger partial charge in [0.25, 0.3) is 0 Å². The summed E-state index contributed by atoms with van der Waals surface area (Å²) in [4.78, 5) is 16.5. The number of aliphatic carboxylic acids is 1. The summed E-state index contributed by atoms with van der Waals surface area (Å²) in [7, 11) is 0. The minimum absolute atomic E-state index is 0.134. The maximum atomic E-state index is 10.9. The van der Waals surface area contributed by atoms with E-state index in [4.69, 9.17) is 9.63 Å². The molecular weight excluding hydrogens is 326 g/mol. The fraction of sp³-hybridized carbons (Fsp3) is 0.529. The van der Waals surface area contributed by atoms with E-state index in [0.29, 0.717) is 6.04 Å². The van der Waals surface area contributed by atoms with Crippen LogP contribution in [0.1, 0.15) is 25.5 Å². The first-order valence-electron chi connectivity index (χ1n) is 8.33. The Labute approximate surface area is 145 Å². The van der Waals surface area contributed by atoms with Crippen molar-refractivity contribution in [3.8, 4) is 10.6 Å². The number of hydrogen-bond donors (Lipinski definition) is 1. The second-order valence-corrected chi connectivity index (χ2v) is 7.07. The Balaban J connectivity index is 1.51. The number of nitrogens with zero attached hydrogens (tertiary/aromatic N) is 3. The van der Waals surface area contributed by atoms with Crippen molar-refractivity contribution < 1.29 is 14.4 Å². The van der Waals surface area contributed by atoms with Crippen LogP contribution in [0.4, 0.5) is 0 Å². The molecule has 0 amide bonds. The molecule has 3 rings (SSSR count). The van der Waals surface area contributed by atoms with E-state index in [1.165, 1.54) is 0 Å². The second-order valence-electron chi connectivity index (χ2n) is 6.12. The molecule has 0 aliphatic carbocycles. The predicted octanol–water partition coefficient (Wildman–Crippen LogP) is 2.77. The summed E-state index contributed by atoms with van der Waals surface area (Å²) < 4.78 is 5.43. The van der Waals surface area contributed by atoms with Crippen molar-refractivity contribution in [2.45, 2.75) is 32.4 Å². The summed E-state index contributed by atoms with van der Waals surface area (Å²) in [6.07, 6.45) is 1.99. The van der Waals surface area contributed by atoms with Gasteiger partial charge in [0.15, 0.2) is 5.76 Å². The summed E-state index contributed by atoms with van der Waals surface area (Å²) in [6, 6.07) is 6.41. The predicted molar refractivity (Wildman–Crippen MR) is 93.0 cm³/mol. The number of carboxylic acid groups (broad SMARTS) is 1. The van der Waals surface area contributed by atoms with Gasteiger partial charge in [-0.15, -0.1) is 11.3 Å². The second kappa shape index (κ2) is 7.92. The molecule has 6 nitrogen and oxygen atoms in total. The Morgan fingerprint density at radius 2 is 2.29 bits per heavy atom. The maximum Gasteiger partial charge on any atom is 0.317 e. The fourth-order valence-corrected chi connectivity index (χ4v) is 3.94. The van der Waals surface area contributed by atoms with Crippen LogP contribution < -0.4 is 0 Å². The van der Waals surface area contributed by atoms with Crippen LogP contribution in [0.3, 0.4) is 0 Å². The first-order chi connectivity index (χ1) is 11.7. The Morgan fingerprint density at radius 3 is 2.92 bits per heavy atom. The summed E-state index contributed by atoms with van der Waals surface area (Å²) in [5.41, 5.74) is 0.953. The molecule has 1 aliphatic rings. The highest BCUT2D eigenvalue weighted by Crippen LogP contribution is 2.26. The number of carboxylic acids is 1. The average molecular weight is 349 g/mol. The molecule has 3 heterocycles. The fourth-order valence-electron chi connectivity index (χ4n) is 3.27. The molecule has 1 aliphatic heterocycles. The number of rotatable bonds is 7. The van der Waals surface area contributed by atoms with E-state index in [2.05, 4.69) is 15.0 Å². The van der Waals surface area contributed by atoms with Crippen LogP contribution in [0.25, 0.3) is 10.6 Å². The quantitative estimate of drug-likeness (QED) is 0.829. The molecule has 24 heavy (non-hydrogen) atoms.